The first kappa shape index (κ1) is 9.50. The van der Waals surface area contributed by atoms with Crippen LogP contribution < -0.4 is 0 Å². The van der Waals surface area contributed by atoms with Gasteiger partial charge in [0.15, 0.2) is 0 Å². The minimum Gasteiger partial charge on any atom is -0.285 e. The molecule has 0 aromatic rings. The van der Waals surface area contributed by atoms with Crippen LogP contribution in [0, 0.1) is 11.8 Å². The van der Waals surface area contributed by atoms with Gasteiger partial charge in [0.25, 0.3) is 0 Å². The van der Waals surface area contributed by atoms with E-state index in [2.05, 4.69) is 39.6 Å². The van der Waals surface area contributed by atoms with E-state index >= 15 is 0 Å². The zero-order valence-corrected chi connectivity index (χ0v) is 8.81. The molecule has 0 unspecified atom stereocenters. The van der Waals surface area contributed by atoms with E-state index in [1.807, 2.05) is 0 Å². The second-order valence-electron chi connectivity index (χ2n) is 4.16. The molecule has 0 N–H and O–H groups in total. The molecule has 0 aromatic carbocycles. The van der Waals surface area contributed by atoms with Crippen LogP contribution in [0.25, 0.3) is 0 Å². The lowest BCUT2D eigenvalue weighted by molar-refractivity contribution is 0.748. The van der Waals surface area contributed by atoms with Gasteiger partial charge in [0, 0.05) is 5.71 Å². The normalized spacial score (nSPS) is 18.1. The summed E-state index contributed by atoms with van der Waals surface area (Å²) in [5, 5.41) is 0. The summed E-state index contributed by atoms with van der Waals surface area (Å²) in [7, 11) is 0. The number of nitrogens with zero attached hydrogens (tertiary/aromatic N) is 1. The van der Waals surface area contributed by atoms with Gasteiger partial charge in [-0.3, -0.25) is 4.99 Å². The van der Waals surface area contributed by atoms with E-state index in [4.69, 9.17) is 0 Å². The highest BCUT2D eigenvalue weighted by Crippen LogP contribution is 2.24. The predicted molar refractivity (Wildman–Crippen MR) is 54.7 cm³/mol. The summed E-state index contributed by atoms with van der Waals surface area (Å²) in [5.41, 5.74) is 4.29. The molecular weight excluding hydrogens is 146 g/mol. The van der Waals surface area contributed by atoms with Crippen LogP contribution >= 0.6 is 0 Å². The lowest BCUT2D eigenvalue weighted by atomic mass is 9.94. The molecule has 1 aliphatic rings. The van der Waals surface area contributed by atoms with Crippen LogP contribution in [0.15, 0.2) is 16.1 Å². The van der Waals surface area contributed by atoms with E-state index in [9.17, 15) is 0 Å². The molecule has 0 bridgehead atoms. The smallest absolute Gasteiger partial charge is 0.0611 e. The second-order valence-corrected chi connectivity index (χ2v) is 4.16. The number of hydrogen-bond acceptors (Lipinski definition) is 1. The van der Waals surface area contributed by atoms with Crippen molar-refractivity contribution in [1.82, 2.24) is 0 Å². The van der Waals surface area contributed by atoms with E-state index in [0.717, 1.165) is 6.54 Å². The van der Waals surface area contributed by atoms with Gasteiger partial charge in [-0.1, -0.05) is 27.7 Å². The molecule has 0 atom stereocenters. The van der Waals surface area contributed by atoms with Crippen molar-refractivity contribution in [2.24, 2.45) is 16.8 Å². The van der Waals surface area contributed by atoms with Crippen molar-refractivity contribution in [2.75, 3.05) is 6.54 Å². The first-order valence-electron chi connectivity index (χ1n) is 4.78. The molecule has 1 nitrogen and oxygen atoms in total. The van der Waals surface area contributed by atoms with Crippen molar-refractivity contribution in [2.45, 2.75) is 34.6 Å². The van der Waals surface area contributed by atoms with Crippen molar-refractivity contribution in [3.8, 4) is 0 Å². The van der Waals surface area contributed by atoms with Crippen molar-refractivity contribution in [3.63, 3.8) is 0 Å². The molecular formula is C11H19N. The maximum Gasteiger partial charge on any atom is 0.0611 e. The van der Waals surface area contributed by atoms with Gasteiger partial charge in [0.05, 0.1) is 6.54 Å². The fourth-order valence-corrected chi connectivity index (χ4v) is 1.80. The minimum absolute atomic E-state index is 0.584. The van der Waals surface area contributed by atoms with Gasteiger partial charge in [0.1, 0.15) is 0 Å². The average Bonchev–Trinajstić information content (AvgIpc) is 2.30. The van der Waals surface area contributed by atoms with Crippen LogP contribution in [0.5, 0.6) is 0 Å². The van der Waals surface area contributed by atoms with E-state index < -0.39 is 0 Å². The van der Waals surface area contributed by atoms with Crippen LogP contribution in [0.1, 0.15) is 34.6 Å². The van der Waals surface area contributed by atoms with Crippen LogP contribution in [-0.4, -0.2) is 12.3 Å². The van der Waals surface area contributed by atoms with Crippen molar-refractivity contribution in [1.29, 1.82) is 0 Å². The molecule has 0 aromatic heterocycles. The maximum atomic E-state index is 4.56. The van der Waals surface area contributed by atoms with Crippen LogP contribution in [0.2, 0.25) is 0 Å². The molecule has 68 valence electrons. The standard InChI is InChI=1S/C11H19N/c1-7(2)10-6-12-11(8(3)4)9(10)5/h7-8H,6H2,1-5H3. The fourth-order valence-electron chi connectivity index (χ4n) is 1.80. The summed E-state index contributed by atoms with van der Waals surface area (Å²) >= 11 is 0. The lowest BCUT2D eigenvalue weighted by Crippen LogP contribution is -2.07. The summed E-state index contributed by atoms with van der Waals surface area (Å²) in [4.78, 5) is 4.56. The van der Waals surface area contributed by atoms with Crippen molar-refractivity contribution >= 4 is 5.71 Å². The monoisotopic (exact) mass is 165 g/mol. The third kappa shape index (κ3) is 1.60. The maximum absolute atomic E-state index is 4.56. The molecule has 1 aliphatic heterocycles. The van der Waals surface area contributed by atoms with Gasteiger partial charge in [-0.15, -0.1) is 0 Å². The van der Waals surface area contributed by atoms with Gasteiger partial charge in [0.2, 0.25) is 0 Å². The van der Waals surface area contributed by atoms with Gasteiger partial charge in [-0.2, -0.15) is 0 Å². The fraction of sp³-hybridized carbons (Fsp3) is 0.727. The largest absolute Gasteiger partial charge is 0.285 e. The van der Waals surface area contributed by atoms with E-state index in [-0.39, 0.29) is 0 Å². The Morgan fingerprint density at radius 2 is 1.67 bits per heavy atom. The van der Waals surface area contributed by atoms with E-state index in [1.165, 1.54) is 16.9 Å². The lowest BCUT2D eigenvalue weighted by Gasteiger charge is -2.09. The summed E-state index contributed by atoms with van der Waals surface area (Å²) in [6.45, 7) is 12.1. The van der Waals surface area contributed by atoms with Gasteiger partial charge >= 0.3 is 0 Å². The van der Waals surface area contributed by atoms with Crippen molar-refractivity contribution < 1.29 is 0 Å². The highest BCUT2D eigenvalue weighted by Gasteiger charge is 2.19. The Hall–Kier alpha value is -0.590. The number of allylic oxidation sites excluding steroid dienone is 1. The minimum atomic E-state index is 0.584. The average molecular weight is 165 g/mol. The quantitative estimate of drug-likeness (QED) is 0.596. The molecule has 0 fully saturated rings. The highest BCUT2D eigenvalue weighted by atomic mass is 14.8. The van der Waals surface area contributed by atoms with Crippen LogP contribution in [0.3, 0.4) is 0 Å². The van der Waals surface area contributed by atoms with Crippen molar-refractivity contribution in [3.05, 3.63) is 11.1 Å². The van der Waals surface area contributed by atoms with Gasteiger partial charge in [-0.25, -0.2) is 0 Å². The zero-order valence-electron chi connectivity index (χ0n) is 8.81. The molecule has 1 heteroatoms. The first-order chi connectivity index (χ1) is 5.54. The molecule has 0 spiro atoms. The number of hydrogen-bond donors (Lipinski definition) is 0. The topological polar surface area (TPSA) is 12.4 Å². The Morgan fingerprint density at radius 1 is 1.08 bits per heavy atom. The van der Waals surface area contributed by atoms with E-state index in [1.54, 1.807) is 0 Å². The summed E-state index contributed by atoms with van der Waals surface area (Å²) in [6.07, 6.45) is 0. The Labute approximate surface area is 75.6 Å². The number of rotatable bonds is 2. The van der Waals surface area contributed by atoms with Crippen LogP contribution in [0.4, 0.5) is 0 Å². The third-order valence-corrected chi connectivity index (χ3v) is 2.53. The molecule has 0 radical (unpaired) electrons. The second kappa shape index (κ2) is 3.42. The molecule has 0 saturated heterocycles. The third-order valence-electron chi connectivity index (χ3n) is 2.53. The summed E-state index contributed by atoms with van der Waals surface area (Å²) < 4.78 is 0. The van der Waals surface area contributed by atoms with E-state index in [0.29, 0.717) is 11.8 Å². The van der Waals surface area contributed by atoms with Gasteiger partial charge in [-0.05, 0) is 29.9 Å². The Kier molecular flexibility index (Phi) is 2.71. The highest BCUT2D eigenvalue weighted by molar-refractivity contribution is 6.03. The first-order valence-corrected chi connectivity index (χ1v) is 4.78. The molecule has 12 heavy (non-hydrogen) atoms. The number of aliphatic imine (C=N–C) groups is 1. The summed E-state index contributed by atoms with van der Waals surface area (Å²) in [5.74, 6) is 1.24. The summed E-state index contributed by atoms with van der Waals surface area (Å²) in [6, 6.07) is 0. The van der Waals surface area contributed by atoms with Gasteiger partial charge < -0.3 is 0 Å². The Balaban J connectivity index is 2.86. The zero-order chi connectivity index (χ0) is 9.30. The SMILES string of the molecule is CC1=C(C(C)C)CN=C1C(C)C. The molecule has 1 heterocycles. The Morgan fingerprint density at radius 3 is 1.92 bits per heavy atom. The molecule has 0 aliphatic carbocycles. The molecule has 1 rings (SSSR count). The molecule has 0 amide bonds. The predicted octanol–water partition coefficient (Wildman–Crippen LogP) is 3.07. The molecule has 0 saturated carbocycles. The Bertz CT molecular complexity index is 220. The van der Waals surface area contributed by atoms with Crippen LogP contribution in [-0.2, 0) is 0 Å².